The maximum absolute atomic E-state index is 10.9. The summed E-state index contributed by atoms with van der Waals surface area (Å²) in [4.78, 5) is 21.8. The number of carboxylic acid groups (broad SMARTS) is 1. The first-order chi connectivity index (χ1) is 8.65. The largest absolute Gasteiger partial charge is 0.491 e. The first-order valence-corrected chi connectivity index (χ1v) is 5.51. The van der Waals surface area contributed by atoms with E-state index in [0.717, 1.165) is 0 Å². The van der Waals surface area contributed by atoms with Gasteiger partial charge >= 0.3 is 5.97 Å². The Morgan fingerprint density at radius 2 is 2.06 bits per heavy atom. The molecule has 0 heterocycles. The van der Waals surface area contributed by atoms with Crippen LogP contribution in [0.4, 0.5) is 0 Å². The minimum Gasteiger partial charge on any atom is -0.491 e. The number of carbonyl (C=O) groups is 2. The minimum atomic E-state index is -1.02. The van der Waals surface area contributed by atoms with Gasteiger partial charge in [-0.3, -0.25) is 4.79 Å². The Kier molecular flexibility index (Phi) is 5.66. The molecule has 0 bridgehead atoms. The highest BCUT2D eigenvalue weighted by atomic mass is 16.5. The van der Waals surface area contributed by atoms with Crippen LogP contribution in [0.15, 0.2) is 24.3 Å². The van der Waals surface area contributed by atoms with Gasteiger partial charge in [0.1, 0.15) is 17.9 Å². The number of rotatable bonds is 7. The van der Waals surface area contributed by atoms with E-state index in [1.165, 1.54) is 6.07 Å². The molecule has 1 aromatic rings. The van der Waals surface area contributed by atoms with Gasteiger partial charge in [-0.1, -0.05) is 12.1 Å². The number of likely N-dealkylation sites (N-methyl/N-ethyl adjacent to an activating group) is 1. The highest BCUT2D eigenvalue weighted by Gasteiger charge is 2.09. The van der Waals surface area contributed by atoms with Crippen molar-refractivity contribution in [3.8, 4) is 5.75 Å². The number of carbonyl (C=O) groups excluding carboxylic acids is 1. The molecule has 3 N–H and O–H groups in total. The van der Waals surface area contributed by atoms with Crippen LogP contribution in [0, 0.1) is 0 Å². The maximum Gasteiger partial charge on any atom is 0.339 e. The molecule has 0 radical (unpaired) electrons. The summed E-state index contributed by atoms with van der Waals surface area (Å²) in [7, 11) is 1.56. The van der Waals surface area contributed by atoms with Crippen LogP contribution in [0.25, 0.3) is 0 Å². The van der Waals surface area contributed by atoms with Gasteiger partial charge in [0, 0.05) is 13.6 Å². The Morgan fingerprint density at radius 3 is 2.72 bits per heavy atom. The Balaban J connectivity index is 2.35. The van der Waals surface area contributed by atoms with E-state index in [0.29, 0.717) is 18.9 Å². The highest BCUT2D eigenvalue weighted by Crippen LogP contribution is 2.17. The van der Waals surface area contributed by atoms with Crippen LogP contribution in [-0.2, 0) is 4.79 Å². The van der Waals surface area contributed by atoms with Crippen molar-refractivity contribution in [2.45, 2.75) is 0 Å². The summed E-state index contributed by atoms with van der Waals surface area (Å²) in [6.45, 7) is 0.961. The van der Waals surface area contributed by atoms with E-state index in [4.69, 9.17) is 9.84 Å². The molecule has 0 atom stereocenters. The van der Waals surface area contributed by atoms with Crippen LogP contribution in [0.1, 0.15) is 10.4 Å². The Bertz CT molecular complexity index is 420. The molecule has 6 heteroatoms. The molecule has 0 spiro atoms. The van der Waals surface area contributed by atoms with Crippen molar-refractivity contribution in [1.82, 2.24) is 10.6 Å². The van der Waals surface area contributed by atoms with Crippen LogP contribution in [0.3, 0.4) is 0 Å². The molecule has 0 aliphatic heterocycles. The standard InChI is InChI=1S/C12H16N2O4/c1-13-11(15)8-14-6-7-18-10-5-3-2-4-9(10)12(16)17/h2-5,14H,6-8H2,1H3,(H,13,15)(H,16,17). The second kappa shape index (κ2) is 7.29. The average Bonchev–Trinajstić information content (AvgIpc) is 2.38. The van der Waals surface area contributed by atoms with Gasteiger partial charge < -0.3 is 20.5 Å². The molecule has 1 amide bonds. The molecular formula is C12H16N2O4. The van der Waals surface area contributed by atoms with Gasteiger partial charge in [-0.15, -0.1) is 0 Å². The van der Waals surface area contributed by atoms with Gasteiger partial charge in [0.25, 0.3) is 0 Å². The molecule has 0 aromatic heterocycles. The van der Waals surface area contributed by atoms with E-state index in [2.05, 4.69) is 10.6 Å². The molecule has 1 aromatic carbocycles. The molecule has 98 valence electrons. The number of carboxylic acids is 1. The molecule has 0 aliphatic carbocycles. The molecule has 0 aliphatic rings. The van der Waals surface area contributed by atoms with E-state index < -0.39 is 5.97 Å². The smallest absolute Gasteiger partial charge is 0.339 e. The lowest BCUT2D eigenvalue weighted by atomic mass is 10.2. The lowest BCUT2D eigenvalue weighted by Crippen LogP contribution is -2.33. The molecule has 0 unspecified atom stereocenters. The van der Waals surface area contributed by atoms with Crippen molar-refractivity contribution in [3.05, 3.63) is 29.8 Å². The second-order valence-corrected chi connectivity index (χ2v) is 3.50. The Labute approximate surface area is 105 Å². The van der Waals surface area contributed by atoms with Crippen molar-refractivity contribution < 1.29 is 19.4 Å². The topological polar surface area (TPSA) is 87.7 Å². The van der Waals surface area contributed by atoms with Crippen LogP contribution < -0.4 is 15.4 Å². The fourth-order valence-corrected chi connectivity index (χ4v) is 1.29. The summed E-state index contributed by atoms with van der Waals surface area (Å²) in [6.07, 6.45) is 0. The van der Waals surface area contributed by atoms with Crippen LogP contribution in [0.2, 0.25) is 0 Å². The normalized spacial score (nSPS) is 9.83. The average molecular weight is 252 g/mol. The summed E-state index contributed by atoms with van der Waals surface area (Å²) in [5, 5.41) is 14.3. The fourth-order valence-electron chi connectivity index (χ4n) is 1.29. The van der Waals surface area contributed by atoms with Gasteiger partial charge in [0.2, 0.25) is 5.91 Å². The number of ether oxygens (including phenoxy) is 1. The van der Waals surface area contributed by atoms with Gasteiger partial charge in [-0.25, -0.2) is 4.79 Å². The predicted molar refractivity (Wildman–Crippen MR) is 65.8 cm³/mol. The monoisotopic (exact) mass is 252 g/mol. The van der Waals surface area contributed by atoms with E-state index in [1.54, 1.807) is 25.2 Å². The second-order valence-electron chi connectivity index (χ2n) is 3.50. The lowest BCUT2D eigenvalue weighted by Gasteiger charge is -2.09. The first-order valence-electron chi connectivity index (χ1n) is 5.51. The predicted octanol–water partition coefficient (Wildman–Crippen LogP) is 0.0992. The van der Waals surface area contributed by atoms with Crippen LogP contribution in [0.5, 0.6) is 5.75 Å². The maximum atomic E-state index is 10.9. The number of hydrogen-bond donors (Lipinski definition) is 3. The quantitative estimate of drug-likeness (QED) is 0.599. The fraction of sp³-hybridized carbons (Fsp3) is 0.333. The van der Waals surface area contributed by atoms with Crippen molar-refractivity contribution in [1.29, 1.82) is 0 Å². The number of hydrogen-bond acceptors (Lipinski definition) is 4. The van der Waals surface area contributed by atoms with Crippen LogP contribution in [-0.4, -0.2) is 43.7 Å². The summed E-state index contributed by atoms with van der Waals surface area (Å²) in [5.41, 5.74) is 0.129. The number of aromatic carboxylic acids is 1. The third-order valence-corrected chi connectivity index (χ3v) is 2.22. The van der Waals surface area contributed by atoms with Crippen molar-refractivity contribution in [3.63, 3.8) is 0 Å². The number of para-hydroxylation sites is 1. The van der Waals surface area contributed by atoms with Crippen molar-refractivity contribution in [2.24, 2.45) is 0 Å². The molecule has 18 heavy (non-hydrogen) atoms. The first kappa shape index (κ1) is 14.0. The van der Waals surface area contributed by atoms with Gasteiger partial charge in [0.15, 0.2) is 0 Å². The van der Waals surface area contributed by atoms with Gasteiger partial charge in [-0.2, -0.15) is 0 Å². The summed E-state index contributed by atoms with van der Waals surface area (Å²) >= 11 is 0. The lowest BCUT2D eigenvalue weighted by molar-refractivity contribution is -0.119. The molecule has 0 fully saturated rings. The molecule has 0 saturated carbocycles. The number of nitrogens with one attached hydrogen (secondary N) is 2. The molecule has 0 saturated heterocycles. The molecule has 1 rings (SSSR count). The zero-order valence-corrected chi connectivity index (χ0v) is 10.1. The van der Waals surface area contributed by atoms with E-state index >= 15 is 0 Å². The van der Waals surface area contributed by atoms with Crippen LogP contribution >= 0.6 is 0 Å². The molecular weight excluding hydrogens is 236 g/mol. The van der Waals surface area contributed by atoms with Gasteiger partial charge in [0.05, 0.1) is 6.54 Å². The zero-order chi connectivity index (χ0) is 13.4. The van der Waals surface area contributed by atoms with Crippen molar-refractivity contribution in [2.75, 3.05) is 26.7 Å². The van der Waals surface area contributed by atoms with E-state index in [1.807, 2.05) is 0 Å². The third-order valence-electron chi connectivity index (χ3n) is 2.22. The number of amides is 1. The minimum absolute atomic E-state index is 0.110. The summed E-state index contributed by atoms with van der Waals surface area (Å²) < 4.78 is 5.34. The van der Waals surface area contributed by atoms with E-state index in [-0.39, 0.29) is 18.0 Å². The summed E-state index contributed by atoms with van der Waals surface area (Å²) in [5.74, 6) is -0.809. The zero-order valence-electron chi connectivity index (χ0n) is 10.1. The van der Waals surface area contributed by atoms with Crippen molar-refractivity contribution >= 4 is 11.9 Å². The SMILES string of the molecule is CNC(=O)CNCCOc1ccccc1C(=O)O. The Morgan fingerprint density at radius 1 is 1.33 bits per heavy atom. The molecule has 6 nitrogen and oxygen atoms in total. The third kappa shape index (κ3) is 4.42. The summed E-state index contributed by atoms with van der Waals surface area (Å²) in [6, 6.07) is 6.43. The highest BCUT2D eigenvalue weighted by molar-refractivity contribution is 5.90. The van der Waals surface area contributed by atoms with Gasteiger partial charge in [-0.05, 0) is 12.1 Å². The number of benzene rings is 1. The van der Waals surface area contributed by atoms with E-state index in [9.17, 15) is 9.59 Å². The Hall–Kier alpha value is -2.08.